The second-order valence-corrected chi connectivity index (χ2v) is 4.72. The SMILES string of the molecule is Cc1ccc(N2C(=O)[C@H]3CNC[C@H]3C2=O)cc1. The van der Waals surface area contributed by atoms with Gasteiger partial charge < -0.3 is 5.32 Å². The zero-order valence-corrected chi connectivity index (χ0v) is 9.64. The van der Waals surface area contributed by atoms with Crippen molar-refractivity contribution in [2.75, 3.05) is 18.0 Å². The van der Waals surface area contributed by atoms with Crippen LogP contribution in [0.15, 0.2) is 24.3 Å². The van der Waals surface area contributed by atoms with Crippen LogP contribution in [0.3, 0.4) is 0 Å². The van der Waals surface area contributed by atoms with E-state index in [1.807, 2.05) is 31.2 Å². The molecule has 0 unspecified atom stereocenters. The Labute approximate surface area is 99.6 Å². The van der Waals surface area contributed by atoms with Crippen molar-refractivity contribution < 1.29 is 9.59 Å². The van der Waals surface area contributed by atoms with Crippen molar-refractivity contribution in [1.82, 2.24) is 5.32 Å². The molecule has 2 amide bonds. The third kappa shape index (κ3) is 1.48. The van der Waals surface area contributed by atoms with Crippen LogP contribution >= 0.6 is 0 Å². The molecule has 2 fully saturated rings. The highest BCUT2D eigenvalue weighted by atomic mass is 16.2. The highest BCUT2D eigenvalue weighted by molar-refractivity contribution is 6.22. The van der Waals surface area contributed by atoms with Crippen LogP contribution in [0.1, 0.15) is 5.56 Å². The van der Waals surface area contributed by atoms with Gasteiger partial charge in [-0.15, -0.1) is 0 Å². The predicted octanol–water partition coefficient (Wildman–Crippen LogP) is 0.704. The van der Waals surface area contributed by atoms with Gasteiger partial charge in [0.15, 0.2) is 0 Å². The Morgan fingerprint density at radius 1 is 1.06 bits per heavy atom. The van der Waals surface area contributed by atoms with Crippen molar-refractivity contribution in [2.24, 2.45) is 11.8 Å². The van der Waals surface area contributed by atoms with Crippen LogP contribution in [0.2, 0.25) is 0 Å². The minimum absolute atomic E-state index is 0.0612. The van der Waals surface area contributed by atoms with Gasteiger partial charge in [-0.05, 0) is 19.1 Å². The first-order valence-corrected chi connectivity index (χ1v) is 5.83. The van der Waals surface area contributed by atoms with Gasteiger partial charge in [0, 0.05) is 13.1 Å². The number of imide groups is 1. The number of hydrogen-bond donors (Lipinski definition) is 1. The lowest BCUT2D eigenvalue weighted by molar-refractivity contribution is -0.122. The van der Waals surface area contributed by atoms with Gasteiger partial charge in [0.1, 0.15) is 0 Å². The highest BCUT2D eigenvalue weighted by Crippen LogP contribution is 2.32. The van der Waals surface area contributed by atoms with Gasteiger partial charge in [0.05, 0.1) is 17.5 Å². The number of benzene rings is 1. The molecule has 1 N–H and O–H groups in total. The summed E-state index contributed by atoms with van der Waals surface area (Å²) in [7, 11) is 0. The average Bonchev–Trinajstić information content (AvgIpc) is 2.87. The van der Waals surface area contributed by atoms with Crippen molar-refractivity contribution in [2.45, 2.75) is 6.92 Å². The Morgan fingerprint density at radius 3 is 2.12 bits per heavy atom. The normalized spacial score (nSPS) is 27.7. The summed E-state index contributed by atoms with van der Waals surface area (Å²) in [4.78, 5) is 25.6. The van der Waals surface area contributed by atoms with Crippen LogP contribution in [0, 0.1) is 18.8 Å². The van der Waals surface area contributed by atoms with E-state index in [2.05, 4.69) is 5.32 Å². The number of nitrogens with one attached hydrogen (secondary N) is 1. The molecule has 3 rings (SSSR count). The molecule has 2 aliphatic heterocycles. The number of carbonyl (C=O) groups excluding carboxylic acids is 2. The van der Waals surface area contributed by atoms with Crippen molar-refractivity contribution in [1.29, 1.82) is 0 Å². The lowest BCUT2D eigenvalue weighted by Gasteiger charge is -2.16. The molecular weight excluding hydrogens is 216 g/mol. The zero-order valence-electron chi connectivity index (χ0n) is 9.64. The molecule has 2 saturated heterocycles. The minimum Gasteiger partial charge on any atom is -0.315 e. The summed E-state index contributed by atoms with van der Waals surface area (Å²) in [6.07, 6.45) is 0. The lowest BCUT2D eigenvalue weighted by Crippen LogP contribution is -2.34. The third-order valence-corrected chi connectivity index (χ3v) is 3.58. The van der Waals surface area contributed by atoms with Crippen LogP contribution in [0.25, 0.3) is 0 Å². The van der Waals surface area contributed by atoms with Crippen LogP contribution in [0.4, 0.5) is 5.69 Å². The van der Waals surface area contributed by atoms with Crippen LogP contribution in [-0.2, 0) is 9.59 Å². The Hall–Kier alpha value is -1.68. The van der Waals surface area contributed by atoms with Gasteiger partial charge in [-0.25, -0.2) is 4.90 Å². The van der Waals surface area contributed by atoms with Gasteiger partial charge in [-0.3, -0.25) is 9.59 Å². The molecule has 1 aromatic rings. The molecule has 1 aromatic carbocycles. The Bertz CT molecular complexity index is 459. The molecule has 2 atom stereocenters. The first-order chi connectivity index (χ1) is 8.18. The predicted molar refractivity (Wildman–Crippen MR) is 63.5 cm³/mol. The van der Waals surface area contributed by atoms with E-state index >= 15 is 0 Å². The van der Waals surface area contributed by atoms with Crippen LogP contribution in [-0.4, -0.2) is 24.9 Å². The molecule has 17 heavy (non-hydrogen) atoms. The van der Waals surface area contributed by atoms with Gasteiger partial charge >= 0.3 is 0 Å². The maximum atomic E-state index is 12.1. The third-order valence-electron chi connectivity index (χ3n) is 3.58. The molecular formula is C13H14N2O2. The Morgan fingerprint density at radius 2 is 1.59 bits per heavy atom. The quantitative estimate of drug-likeness (QED) is 0.723. The molecule has 0 bridgehead atoms. The van der Waals surface area contributed by atoms with E-state index < -0.39 is 0 Å². The topological polar surface area (TPSA) is 49.4 Å². The maximum absolute atomic E-state index is 12.1. The fraction of sp³-hybridized carbons (Fsp3) is 0.385. The number of amides is 2. The summed E-state index contributed by atoms with van der Waals surface area (Å²) in [5.41, 5.74) is 1.81. The molecule has 4 nitrogen and oxygen atoms in total. The molecule has 0 aromatic heterocycles. The minimum atomic E-state index is -0.163. The van der Waals surface area contributed by atoms with Crippen molar-refractivity contribution >= 4 is 17.5 Å². The summed E-state index contributed by atoms with van der Waals surface area (Å²) < 4.78 is 0. The van der Waals surface area contributed by atoms with Crippen LogP contribution < -0.4 is 10.2 Å². The lowest BCUT2D eigenvalue weighted by atomic mass is 10.00. The average molecular weight is 230 g/mol. The van der Waals surface area contributed by atoms with Crippen molar-refractivity contribution in [3.05, 3.63) is 29.8 Å². The second kappa shape index (κ2) is 3.67. The number of nitrogens with zero attached hydrogens (tertiary/aromatic N) is 1. The summed E-state index contributed by atoms with van der Waals surface area (Å²) in [5, 5.41) is 3.10. The molecule has 0 aliphatic carbocycles. The van der Waals surface area contributed by atoms with E-state index in [9.17, 15) is 9.59 Å². The molecule has 4 heteroatoms. The van der Waals surface area contributed by atoms with E-state index in [1.165, 1.54) is 4.90 Å². The zero-order chi connectivity index (χ0) is 12.0. The molecule has 0 saturated carbocycles. The first kappa shape index (κ1) is 10.5. The molecule has 0 spiro atoms. The standard InChI is InChI=1S/C13H14N2O2/c1-8-2-4-9(5-3-8)15-12(16)10-6-14-7-11(10)13(15)17/h2-5,10-11,14H,6-7H2,1H3/t10-,11+. The summed E-state index contributed by atoms with van der Waals surface area (Å²) in [5.74, 6) is -0.449. The van der Waals surface area contributed by atoms with Crippen LogP contribution in [0.5, 0.6) is 0 Å². The van der Waals surface area contributed by atoms with Crippen molar-refractivity contribution in [3.63, 3.8) is 0 Å². The van der Waals surface area contributed by atoms with Gasteiger partial charge in [-0.2, -0.15) is 0 Å². The van der Waals surface area contributed by atoms with E-state index in [-0.39, 0.29) is 23.7 Å². The number of aryl methyl sites for hydroxylation is 1. The molecule has 2 heterocycles. The first-order valence-electron chi connectivity index (χ1n) is 5.83. The van der Waals surface area contributed by atoms with Crippen molar-refractivity contribution in [3.8, 4) is 0 Å². The van der Waals surface area contributed by atoms with E-state index in [4.69, 9.17) is 0 Å². The molecule has 88 valence electrons. The van der Waals surface area contributed by atoms with E-state index in [0.717, 1.165) is 5.56 Å². The summed E-state index contributed by atoms with van der Waals surface area (Å²) in [6, 6.07) is 7.50. The number of rotatable bonds is 1. The van der Waals surface area contributed by atoms with E-state index in [1.54, 1.807) is 0 Å². The maximum Gasteiger partial charge on any atom is 0.239 e. The number of anilines is 1. The smallest absolute Gasteiger partial charge is 0.239 e. The number of fused-ring (bicyclic) bond motifs is 1. The number of hydrogen-bond acceptors (Lipinski definition) is 3. The van der Waals surface area contributed by atoms with Gasteiger partial charge in [-0.1, -0.05) is 17.7 Å². The fourth-order valence-corrected chi connectivity index (χ4v) is 2.59. The molecule has 0 radical (unpaired) electrons. The second-order valence-electron chi connectivity index (χ2n) is 4.72. The monoisotopic (exact) mass is 230 g/mol. The highest BCUT2D eigenvalue weighted by Gasteiger charge is 2.50. The fourth-order valence-electron chi connectivity index (χ4n) is 2.59. The Kier molecular flexibility index (Phi) is 2.26. The van der Waals surface area contributed by atoms with E-state index in [0.29, 0.717) is 18.8 Å². The number of carbonyl (C=O) groups is 2. The summed E-state index contributed by atoms with van der Waals surface area (Å²) >= 11 is 0. The van der Waals surface area contributed by atoms with Gasteiger partial charge in [0.25, 0.3) is 0 Å². The molecule has 2 aliphatic rings. The summed E-state index contributed by atoms with van der Waals surface area (Å²) in [6.45, 7) is 3.23. The van der Waals surface area contributed by atoms with Gasteiger partial charge in [0.2, 0.25) is 11.8 Å². The Balaban J connectivity index is 1.96. The largest absolute Gasteiger partial charge is 0.315 e.